The first-order valence-corrected chi connectivity index (χ1v) is 4.02. The summed E-state index contributed by atoms with van der Waals surface area (Å²) in [4.78, 5) is 0. The summed E-state index contributed by atoms with van der Waals surface area (Å²) in [7, 11) is 0. The summed E-state index contributed by atoms with van der Waals surface area (Å²) in [6.45, 7) is 1.78. The van der Waals surface area contributed by atoms with Gasteiger partial charge >= 0.3 is 0 Å². The molecule has 0 radical (unpaired) electrons. The minimum Gasteiger partial charge on any atom is -0.207 e. The molecule has 0 atom stereocenters. The SMILES string of the molecule is CCc1cc(CC#N)c(F)cc1F. The number of hydrogen-bond donors (Lipinski definition) is 0. The maximum absolute atomic E-state index is 13.0. The lowest BCUT2D eigenvalue weighted by molar-refractivity contribution is 0.566. The Morgan fingerprint density at radius 1 is 1.23 bits per heavy atom. The summed E-state index contributed by atoms with van der Waals surface area (Å²) in [5.41, 5.74) is 0.715. The van der Waals surface area contributed by atoms with E-state index in [0.29, 0.717) is 12.0 Å². The van der Waals surface area contributed by atoms with Gasteiger partial charge in [0.2, 0.25) is 0 Å². The van der Waals surface area contributed by atoms with Crippen molar-refractivity contribution in [3.05, 3.63) is 34.9 Å². The maximum Gasteiger partial charge on any atom is 0.130 e. The van der Waals surface area contributed by atoms with Crippen LogP contribution >= 0.6 is 0 Å². The molecule has 0 aliphatic rings. The molecule has 0 amide bonds. The first kappa shape index (κ1) is 9.66. The van der Waals surface area contributed by atoms with Gasteiger partial charge in [0.25, 0.3) is 0 Å². The van der Waals surface area contributed by atoms with Crippen molar-refractivity contribution in [3.8, 4) is 6.07 Å². The summed E-state index contributed by atoms with van der Waals surface area (Å²) in [6.07, 6.45) is 0.490. The molecule has 0 spiro atoms. The zero-order chi connectivity index (χ0) is 9.84. The Labute approximate surface area is 75.6 Å². The van der Waals surface area contributed by atoms with Crippen LogP contribution in [-0.2, 0) is 12.8 Å². The van der Waals surface area contributed by atoms with E-state index in [4.69, 9.17) is 5.26 Å². The van der Waals surface area contributed by atoms with Crippen LogP contribution in [0.4, 0.5) is 8.78 Å². The van der Waals surface area contributed by atoms with Crippen LogP contribution in [0.3, 0.4) is 0 Å². The number of nitrogens with zero attached hydrogens (tertiary/aromatic N) is 1. The van der Waals surface area contributed by atoms with E-state index in [1.54, 1.807) is 6.92 Å². The monoisotopic (exact) mass is 181 g/mol. The Hall–Kier alpha value is -1.43. The number of aryl methyl sites for hydroxylation is 1. The van der Waals surface area contributed by atoms with Crippen LogP contribution in [0, 0.1) is 23.0 Å². The lowest BCUT2D eigenvalue weighted by Gasteiger charge is -2.03. The molecular weight excluding hydrogens is 172 g/mol. The third kappa shape index (κ3) is 2.03. The van der Waals surface area contributed by atoms with E-state index in [1.807, 2.05) is 6.07 Å². The van der Waals surface area contributed by atoms with Gasteiger partial charge in [0.05, 0.1) is 12.5 Å². The molecule has 0 saturated carbocycles. The second-order valence-corrected chi connectivity index (χ2v) is 2.72. The molecule has 1 nitrogen and oxygen atoms in total. The maximum atomic E-state index is 13.0. The molecular formula is C10H9F2N. The number of hydrogen-bond acceptors (Lipinski definition) is 1. The van der Waals surface area contributed by atoms with E-state index in [2.05, 4.69) is 0 Å². The van der Waals surface area contributed by atoms with Gasteiger partial charge in [0.15, 0.2) is 0 Å². The normalized spacial score (nSPS) is 9.69. The van der Waals surface area contributed by atoms with Crippen LogP contribution in [0.5, 0.6) is 0 Å². The second-order valence-electron chi connectivity index (χ2n) is 2.72. The van der Waals surface area contributed by atoms with Gasteiger partial charge in [-0.25, -0.2) is 8.78 Å². The zero-order valence-corrected chi connectivity index (χ0v) is 7.27. The summed E-state index contributed by atoms with van der Waals surface area (Å²) in [6, 6.07) is 4.08. The van der Waals surface area contributed by atoms with Crippen molar-refractivity contribution < 1.29 is 8.78 Å². The van der Waals surface area contributed by atoms with Gasteiger partial charge in [-0.15, -0.1) is 0 Å². The minimum atomic E-state index is -0.642. The highest BCUT2D eigenvalue weighted by atomic mass is 19.1. The summed E-state index contributed by atoms with van der Waals surface area (Å²) >= 11 is 0. The summed E-state index contributed by atoms with van der Waals surface area (Å²) in [5, 5.41) is 8.37. The van der Waals surface area contributed by atoms with Crippen molar-refractivity contribution in [1.29, 1.82) is 5.26 Å². The molecule has 1 rings (SSSR count). The fourth-order valence-corrected chi connectivity index (χ4v) is 1.14. The molecule has 0 aliphatic carbocycles. The van der Waals surface area contributed by atoms with Crippen LogP contribution in [0.2, 0.25) is 0 Å². The molecule has 0 N–H and O–H groups in total. The van der Waals surface area contributed by atoms with E-state index in [1.165, 1.54) is 6.07 Å². The second kappa shape index (κ2) is 3.99. The van der Waals surface area contributed by atoms with E-state index in [-0.39, 0.29) is 12.0 Å². The van der Waals surface area contributed by atoms with Crippen LogP contribution in [0.15, 0.2) is 12.1 Å². The summed E-state index contributed by atoms with van der Waals surface area (Å²) < 4.78 is 25.9. The largest absolute Gasteiger partial charge is 0.207 e. The molecule has 0 fully saturated rings. The molecule has 68 valence electrons. The molecule has 0 unspecified atom stereocenters. The van der Waals surface area contributed by atoms with Crippen LogP contribution in [0.25, 0.3) is 0 Å². The van der Waals surface area contributed by atoms with Gasteiger partial charge < -0.3 is 0 Å². The third-order valence-corrected chi connectivity index (χ3v) is 1.87. The van der Waals surface area contributed by atoms with E-state index in [0.717, 1.165) is 6.07 Å². The highest BCUT2D eigenvalue weighted by Gasteiger charge is 2.07. The molecule has 0 heterocycles. The molecule has 3 heteroatoms. The number of rotatable bonds is 2. The third-order valence-electron chi connectivity index (χ3n) is 1.87. The van der Waals surface area contributed by atoms with E-state index < -0.39 is 11.6 Å². The Bertz CT molecular complexity index is 353. The van der Waals surface area contributed by atoms with Crippen molar-refractivity contribution in [2.45, 2.75) is 19.8 Å². The zero-order valence-electron chi connectivity index (χ0n) is 7.27. The van der Waals surface area contributed by atoms with E-state index in [9.17, 15) is 8.78 Å². The number of benzene rings is 1. The quantitative estimate of drug-likeness (QED) is 0.687. The van der Waals surface area contributed by atoms with Crippen molar-refractivity contribution in [2.75, 3.05) is 0 Å². The number of halogens is 2. The Morgan fingerprint density at radius 2 is 1.85 bits per heavy atom. The first-order valence-electron chi connectivity index (χ1n) is 4.02. The van der Waals surface area contributed by atoms with Crippen molar-refractivity contribution in [2.24, 2.45) is 0 Å². The Morgan fingerprint density at radius 3 is 2.38 bits per heavy atom. The molecule has 0 aromatic heterocycles. The van der Waals surface area contributed by atoms with E-state index >= 15 is 0 Å². The van der Waals surface area contributed by atoms with Gasteiger partial charge in [-0.2, -0.15) is 5.26 Å². The van der Waals surface area contributed by atoms with Gasteiger partial charge in [-0.05, 0) is 18.1 Å². The van der Waals surface area contributed by atoms with Gasteiger partial charge in [0, 0.05) is 11.6 Å². The smallest absolute Gasteiger partial charge is 0.130 e. The predicted octanol–water partition coefficient (Wildman–Crippen LogP) is 2.59. The van der Waals surface area contributed by atoms with Crippen molar-refractivity contribution in [3.63, 3.8) is 0 Å². The van der Waals surface area contributed by atoms with Crippen LogP contribution < -0.4 is 0 Å². The number of nitriles is 1. The predicted molar refractivity (Wildman–Crippen MR) is 45.1 cm³/mol. The standard InChI is InChI=1S/C10H9F2N/c1-2-7-5-8(3-4-13)10(12)6-9(7)11/h5-6H,2-3H2,1H3. The Balaban J connectivity index is 3.16. The lowest BCUT2D eigenvalue weighted by Crippen LogP contribution is -1.95. The first-order chi connectivity index (χ1) is 6.19. The summed E-state index contributed by atoms with van der Waals surface area (Å²) in [5.74, 6) is -1.18. The molecule has 0 saturated heterocycles. The van der Waals surface area contributed by atoms with Crippen LogP contribution in [0.1, 0.15) is 18.1 Å². The molecule has 1 aromatic carbocycles. The fraction of sp³-hybridized carbons (Fsp3) is 0.300. The molecule has 0 bridgehead atoms. The molecule has 0 aliphatic heterocycles. The van der Waals surface area contributed by atoms with Gasteiger partial charge in [-0.1, -0.05) is 6.92 Å². The average Bonchev–Trinajstić information content (AvgIpc) is 2.10. The topological polar surface area (TPSA) is 23.8 Å². The highest BCUT2D eigenvalue weighted by molar-refractivity contribution is 5.28. The van der Waals surface area contributed by atoms with Gasteiger partial charge in [-0.3, -0.25) is 0 Å². The molecule has 13 heavy (non-hydrogen) atoms. The lowest BCUT2D eigenvalue weighted by atomic mass is 10.1. The average molecular weight is 181 g/mol. The molecule has 1 aromatic rings. The Kier molecular flexibility index (Phi) is 2.97. The van der Waals surface area contributed by atoms with Gasteiger partial charge in [0.1, 0.15) is 11.6 Å². The van der Waals surface area contributed by atoms with Crippen molar-refractivity contribution in [1.82, 2.24) is 0 Å². The fourth-order valence-electron chi connectivity index (χ4n) is 1.14. The minimum absolute atomic E-state index is 0.0148. The van der Waals surface area contributed by atoms with Crippen molar-refractivity contribution >= 4 is 0 Å². The van der Waals surface area contributed by atoms with Crippen LogP contribution in [-0.4, -0.2) is 0 Å². The highest BCUT2D eigenvalue weighted by Crippen LogP contribution is 2.15.